The zero-order chi connectivity index (χ0) is 10.6. The van der Waals surface area contributed by atoms with Crippen LogP contribution in [-0.2, 0) is 9.53 Å². The lowest BCUT2D eigenvalue weighted by Gasteiger charge is -2.45. The first-order chi connectivity index (χ1) is 7.24. The van der Waals surface area contributed by atoms with Crippen LogP contribution in [0.2, 0.25) is 0 Å². The highest BCUT2D eigenvalue weighted by molar-refractivity contribution is 5.74. The lowest BCUT2D eigenvalue weighted by Crippen LogP contribution is -2.54. The molecule has 0 amide bonds. The molecule has 0 radical (unpaired) electrons. The standard InChI is InChI=1S/C12H19NO2/c1-2-15-12(14)10-6-3-4-7(11(10)13)9-5-8(6)9/h6-11H,2-5,13H2,1H3/t6-,7+,8?,9?,10-,11-/m0/s1. The molecule has 3 heteroatoms. The van der Waals surface area contributed by atoms with E-state index in [0.29, 0.717) is 18.4 Å². The van der Waals surface area contributed by atoms with E-state index in [-0.39, 0.29) is 17.9 Å². The van der Waals surface area contributed by atoms with Gasteiger partial charge in [-0.2, -0.15) is 0 Å². The normalized spacial score (nSPS) is 51.1. The minimum Gasteiger partial charge on any atom is -0.466 e. The highest BCUT2D eigenvalue weighted by Crippen LogP contribution is 2.63. The van der Waals surface area contributed by atoms with Crippen molar-refractivity contribution in [3.8, 4) is 0 Å². The van der Waals surface area contributed by atoms with Crippen LogP contribution in [0.4, 0.5) is 0 Å². The molecule has 0 aromatic rings. The average molecular weight is 209 g/mol. The molecule has 0 aromatic carbocycles. The van der Waals surface area contributed by atoms with Crippen molar-refractivity contribution in [3.63, 3.8) is 0 Å². The van der Waals surface area contributed by atoms with Gasteiger partial charge in [0, 0.05) is 6.04 Å². The van der Waals surface area contributed by atoms with Gasteiger partial charge in [0.25, 0.3) is 0 Å². The second-order valence-electron chi connectivity index (χ2n) is 5.32. The first kappa shape index (κ1) is 9.64. The number of ether oxygens (including phenoxy) is 1. The second kappa shape index (κ2) is 3.21. The summed E-state index contributed by atoms with van der Waals surface area (Å²) >= 11 is 0. The Balaban J connectivity index is 1.80. The van der Waals surface area contributed by atoms with E-state index in [1.807, 2.05) is 6.92 Å². The third-order valence-electron chi connectivity index (χ3n) is 4.75. The van der Waals surface area contributed by atoms with Crippen molar-refractivity contribution < 1.29 is 9.53 Å². The van der Waals surface area contributed by atoms with Crippen LogP contribution in [-0.4, -0.2) is 18.6 Å². The molecule has 0 aromatic heterocycles. The van der Waals surface area contributed by atoms with Gasteiger partial charge in [-0.25, -0.2) is 0 Å². The number of fused-ring (bicyclic) bond motifs is 2. The van der Waals surface area contributed by atoms with Crippen molar-refractivity contribution in [2.75, 3.05) is 6.61 Å². The van der Waals surface area contributed by atoms with Gasteiger partial charge >= 0.3 is 5.97 Å². The van der Waals surface area contributed by atoms with Crippen LogP contribution in [0.5, 0.6) is 0 Å². The van der Waals surface area contributed by atoms with Crippen LogP contribution in [0.15, 0.2) is 0 Å². The summed E-state index contributed by atoms with van der Waals surface area (Å²) in [5.41, 5.74) is 6.21. The van der Waals surface area contributed by atoms with Gasteiger partial charge in [0.05, 0.1) is 12.5 Å². The molecule has 4 fully saturated rings. The fraction of sp³-hybridized carbons (Fsp3) is 0.917. The molecule has 4 aliphatic rings. The third kappa shape index (κ3) is 1.25. The number of nitrogens with two attached hydrogens (primary N) is 1. The van der Waals surface area contributed by atoms with E-state index in [4.69, 9.17) is 10.5 Å². The van der Waals surface area contributed by atoms with E-state index < -0.39 is 0 Å². The SMILES string of the molecule is CCOC(=O)[C@@H]1[C@@H](N)[C@@H]2CC[C@H]1C1CC12. The number of hydrogen-bond donors (Lipinski definition) is 1. The maximum atomic E-state index is 11.9. The molecule has 0 spiro atoms. The number of rotatable bonds is 2. The summed E-state index contributed by atoms with van der Waals surface area (Å²) in [5, 5.41) is 0. The topological polar surface area (TPSA) is 52.3 Å². The molecule has 2 bridgehead atoms. The van der Waals surface area contributed by atoms with Crippen molar-refractivity contribution in [1.82, 2.24) is 0 Å². The predicted molar refractivity (Wildman–Crippen MR) is 55.9 cm³/mol. The number of esters is 1. The number of carbonyl (C=O) groups is 1. The smallest absolute Gasteiger partial charge is 0.310 e. The van der Waals surface area contributed by atoms with E-state index in [1.165, 1.54) is 19.3 Å². The van der Waals surface area contributed by atoms with Gasteiger partial charge in [0.2, 0.25) is 0 Å². The molecule has 15 heavy (non-hydrogen) atoms. The minimum absolute atomic E-state index is 0.00690. The van der Waals surface area contributed by atoms with E-state index in [1.54, 1.807) is 0 Å². The van der Waals surface area contributed by atoms with Gasteiger partial charge in [-0.05, 0) is 49.9 Å². The summed E-state index contributed by atoms with van der Waals surface area (Å²) in [6.07, 6.45) is 3.75. The van der Waals surface area contributed by atoms with Gasteiger partial charge in [0.1, 0.15) is 0 Å². The van der Waals surface area contributed by atoms with Crippen molar-refractivity contribution >= 4 is 5.97 Å². The average Bonchev–Trinajstić information content (AvgIpc) is 2.98. The fourth-order valence-corrected chi connectivity index (χ4v) is 4.08. The Labute approximate surface area is 90.4 Å². The summed E-state index contributed by atoms with van der Waals surface area (Å²) in [7, 11) is 0. The maximum absolute atomic E-state index is 11.9. The first-order valence-electron chi connectivity index (χ1n) is 6.16. The predicted octanol–water partition coefficient (Wildman–Crippen LogP) is 1.17. The molecule has 0 saturated heterocycles. The van der Waals surface area contributed by atoms with Crippen LogP contribution in [0, 0.1) is 29.6 Å². The Bertz CT molecular complexity index is 291. The van der Waals surface area contributed by atoms with Gasteiger partial charge in [0.15, 0.2) is 0 Å². The molecule has 84 valence electrons. The van der Waals surface area contributed by atoms with Crippen molar-refractivity contribution in [3.05, 3.63) is 0 Å². The maximum Gasteiger partial charge on any atom is 0.310 e. The summed E-state index contributed by atoms with van der Waals surface area (Å²) in [6, 6.07) is 0.0755. The molecule has 4 saturated carbocycles. The third-order valence-corrected chi connectivity index (χ3v) is 4.75. The van der Waals surface area contributed by atoms with E-state index in [9.17, 15) is 4.79 Å². The summed E-state index contributed by atoms with van der Waals surface area (Å²) in [6.45, 7) is 2.35. The van der Waals surface area contributed by atoms with Gasteiger partial charge in [-0.3, -0.25) is 4.79 Å². The van der Waals surface area contributed by atoms with E-state index >= 15 is 0 Å². The molecule has 4 rings (SSSR count). The zero-order valence-electron chi connectivity index (χ0n) is 9.19. The Morgan fingerprint density at radius 1 is 1.27 bits per heavy atom. The minimum atomic E-state index is -0.0370. The van der Waals surface area contributed by atoms with Gasteiger partial charge < -0.3 is 10.5 Å². The Morgan fingerprint density at radius 3 is 2.67 bits per heavy atom. The summed E-state index contributed by atoms with van der Waals surface area (Å²) in [5.74, 6) is 2.77. The molecular weight excluding hydrogens is 190 g/mol. The highest BCUT2D eigenvalue weighted by atomic mass is 16.5. The molecule has 3 nitrogen and oxygen atoms in total. The molecule has 2 unspecified atom stereocenters. The van der Waals surface area contributed by atoms with Crippen LogP contribution < -0.4 is 5.73 Å². The van der Waals surface area contributed by atoms with E-state index in [0.717, 1.165) is 11.8 Å². The fourth-order valence-electron chi connectivity index (χ4n) is 4.08. The Morgan fingerprint density at radius 2 is 1.93 bits per heavy atom. The monoisotopic (exact) mass is 209 g/mol. The van der Waals surface area contributed by atoms with Crippen LogP contribution in [0.1, 0.15) is 26.2 Å². The molecule has 4 aliphatic carbocycles. The van der Waals surface area contributed by atoms with Gasteiger partial charge in [-0.1, -0.05) is 0 Å². The molecule has 6 atom stereocenters. The summed E-state index contributed by atoms with van der Waals surface area (Å²) in [4.78, 5) is 11.9. The largest absolute Gasteiger partial charge is 0.466 e. The van der Waals surface area contributed by atoms with Gasteiger partial charge in [-0.15, -0.1) is 0 Å². The Hall–Kier alpha value is -0.570. The Kier molecular flexibility index (Phi) is 2.06. The van der Waals surface area contributed by atoms with Crippen molar-refractivity contribution in [2.45, 2.75) is 32.2 Å². The van der Waals surface area contributed by atoms with Crippen molar-refractivity contribution in [1.29, 1.82) is 0 Å². The molecule has 0 aliphatic heterocycles. The highest BCUT2D eigenvalue weighted by Gasteiger charge is 2.62. The second-order valence-corrected chi connectivity index (χ2v) is 5.32. The number of carbonyl (C=O) groups excluding carboxylic acids is 1. The lowest BCUT2D eigenvalue weighted by molar-refractivity contribution is -0.155. The molecule has 2 N–H and O–H groups in total. The molecule has 0 heterocycles. The van der Waals surface area contributed by atoms with Crippen LogP contribution in [0.3, 0.4) is 0 Å². The van der Waals surface area contributed by atoms with E-state index in [2.05, 4.69) is 0 Å². The lowest BCUT2D eigenvalue weighted by atomic mass is 9.62. The zero-order valence-corrected chi connectivity index (χ0v) is 9.19. The number of hydrogen-bond acceptors (Lipinski definition) is 3. The van der Waals surface area contributed by atoms with Crippen molar-refractivity contribution in [2.24, 2.45) is 35.3 Å². The van der Waals surface area contributed by atoms with Crippen LogP contribution in [0.25, 0.3) is 0 Å². The quantitative estimate of drug-likeness (QED) is 0.694. The first-order valence-corrected chi connectivity index (χ1v) is 6.16. The summed E-state index contributed by atoms with van der Waals surface area (Å²) < 4.78 is 5.15. The van der Waals surface area contributed by atoms with Crippen LogP contribution >= 0.6 is 0 Å². The molecular formula is C12H19NO2.